The van der Waals surface area contributed by atoms with E-state index in [2.05, 4.69) is 15.6 Å². The fourth-order valence-electron chi connectivity index (χ4n) is 2.98. The minimum atomic E-state index is -0.601. The van der Waals surface area contributed by atoms with Crippen molar-refractivity contribution in [1.82, 2.24) is 20.2 Å². The van der Waals surface area contributed by atoms with E-state index in [1.54, 1.807) is 11.5 Å². The van der Waals surface area contributed by atoms with Crippen LogP contribution >= 0.6 is 11.8 Å². The topological polar surface area (TPSA) is 93.1 Å². The second-order valence-electron chi connectivity index (χ2n) is 7.04. The number of rotatable bonds is 5. The number of imide groups is 1. The van der Waals surface area contributed by atoms with Crippen molar-refractivity contribution in [3.63, 3.8) is 0 Å². The molecule has 0 saturated heterocycles. The summed E-state index contributed by atoms with van der Waals surface area (Å²) in [4.78, 5) is 41.8. The number of hydrogen-bond acceptors (Lipinski definition) is 5. The van der Waals surface area contributed by atoms with E-state index in [1.165, 1.54) is 0 Å². The van der Waals surface area contributed by atoms with E-state index in [-0.39, 0.29) is 11.6 Å². The van der Waals surface area contributed by atoms with Crippen molar-refractivity contribution in [1.29, 1.82) is 0 Å². The van der Waals surface area contributed by atoms with Crippen LogP contribution in [0.25, 0.3) is 21.7 Å². The molecular weight excluding hydrogens is 388 g/mol. The number of nitrogens with one attached hydrogen (secondary N) is 2. The lowest BCUT2D eigenvalue weighted by atomic mass is 10.1. The van der Waals surface area contributed by atoms with Crippen LogP contribution in [0.4, 0.5) is 4.79 Å². The second-order valence-corrected chi connectivity index (χ2v) is 8.35. The normalized spacial score (nSPS) is 12.3. The number of hydrogen-bond donors (Lipinski definition) is 2. The van der Waals surface area contributed by atoms with Gasteiger partial charge in [0.2, 0.25) is 5.91 Å². The summed E-state index contributed by atoms with van der Waals surface area (Å²) in [5.41, 5.74) is 0.446. The summed E-state index contributed by atoms with van der Waals surface area (Å²) in [7, 11) is 0. The first-order valence-corrected chi connectivity index (χ1v) is 10.4. The first-order chi connectivity index (χ1) is 13.8. The fourth-order valence-corrected chi connectivity index (χ4v) is 3.95. The van der Waals surface area contributed by atoms with E-state index >= 15 is 0 Å². The predicted octanol–water partition coefficient (Wildman–Crippen LogP) is 3.28. The number of thioether (sulfide) groups is 1. The molecule has 0 aliphatic rings. The quantitative estimate of drug-likeness (QED) is 0.381. The maximum absolute atomic E-state index is 13.0. The molecule has 2 aromatic carbocycles. The Hall–Kier alpha value is -2.87. The molecule has 1 heterocycles. The average Bonchev–Trinajstić information content (AvgIpc) is 2.66. The van der Waals surface area contributed by atoms with Gasteiger partial charge in [-0.3, -0.25) is 19.5 Å². The number of carbonyl (C=O) groups excluding carboxylic acids is 2. The summed E-state index contributed by atoms with van der Waals surface area (Å²) >= 11 is 1.16. The first-order valence-electron chi connectivity index (χ1n) is 9.51. The largest absolute Gasteiger partial charge is 0.336 e. The Balaban J connectivity index is 1.94. The van der Waals surface area contributed by atoms with Gasteiger partial charge in [0.1, 0.15) is 0 Å². The fraction of sp³-hybridized carbons (Fsp3) is 0.333. The molecule has 2 N–H and O–H groups in total. The number of nitrogens with zero attached hydrogens (tertiary/aromatic N) is 2. The zero-order valence-corrected chi connectivity index (χ0v) is 17.7. The molecule has 29 heavy (non-hydrogen) atoms. The smallest absolute Gasteiger partial charge is 0.321 e. The molecule has 8 heteroatoms. The van der Waals surface area contributed by atoms with E-state index < -0.39 is 17.2 Å². The van der Waals surface area contributed by atoms with Crippen molar-refractivity contribution in [2.24, 2.45) is 0 Å². The third-order valence-electron chi connectivity index (χ3n) is 4.41. The van der Waals surface area contributed by atoms with Crippen molar-refractivity contribution in [2.75, 3.05) is 0 Å². The lowest BCUT2D eigenvalue weighted by Crippen LogP contribution is -2.45. The number of carbonyl (C=O) groups is 2. The lowest BCUT2D eigenvalue weighted by molar-refractivity contribution is -0.119. The Bertz CT molecular complexity index is 1140. The highest BCUT2D eigenvalue weighted by Crippen LogP contribution is 2.25. The molecule has 0 aliphatic heterocycles. The first kappa shape index (κ1) is 20.9. The Labute approximate surface area is 172 Å². The summed E-state index contributed by atoms with van der Waals surface area (Å²) in [6.45, 7) is 7.59. The van der Waals surface area contributed by atoms with Crippen LogP contribution < -0.4 is 16.2 Å². The molecule has 3 rings (SSSR count). The molecule has 0 spiro atoms. The minimum absolute atomic E-state index is 0.0759. The summed E-state index contributed by atoms with van der Waals surface area (Å²) in [6.07, 6.45) is 0. The third kappa shape index (κ3) is 4.59. The Morgan fingerprint density at radius 1 is 1.14 bits per heavy atom. The van der Waals surface area contributed by atoms with E-state index in [0.29, 0.717) is 22.6 Å². The van der Waals surface area contributed by atoms with Crippen LogP contribution in [0.15, 0.2) is 46.3 Å². The molecule has 152 valence electrons. The van der Waals surface area contributed by atoms with Crippen molar-refractivity contribution in [3.05, 3.63) is 46.8 Å². The number of urea groups is 1. The number of fused-ring (bicyclic) bond motifs is 2. The molecule has 0 unspecified atom stereocenters. The maximum Gasteiger partial charge on any atom is 0.321 e. The second kappa shape index (κ2) is 8.65. The van der Waals surface area contributed by atoms with Crippen molar-refractivity contribution >= 4 is 45.4 Å². The van der Waals surface area contributed by atoms with Gasteiger partial charge >= 0.3 is 6.03 Å². The van der Waals surface area contributed by atoms with E-state index in [1.807, 2.05) is 57.2 Å². The Morgan fingerprint density at radius 3 is 2.41 bits per heavy atom. The van der Waals surface area contributed by atoms with Gasteiger partial charge in [-0.2, -0.15) is 0 Å². The molecule has 3 aromatic rings. The van der Waals surface area contributed by atoms with Gasteiger partial charge < -0.3 is 5.32 Å². The molecule has 0 aliphatic carbocycles. The SMILES string of the molecule is CCn1c(S[C@@H](C)C(=O)NC(=O)NC(C)C)nc2cc3ccccc3cc2c1=O. The van der Waals surface area contributed by atoms with Crippen LogP contribution in [-0.4, -0.2) is 32.8 Å². The molecule has 1 atom stereocenters. The lowest BCUT2D eigenvalue weighted by Gasteiger charge is -2.16. The summed E-state index contributed by atoms with van der Waals surface area (Å²) in [5.74, 6) is -0.441. The van der Waals surface area contributed by atoms with Crippen molar-refractivity contribution < 1.29 is 9.59 Å². The van der Waals surface area contributed by atoms with Gasteiger partial charge in [-0.1, -0.05) is 36.0 Å². The average molecular weight is 413 g/mol. The zero-order chi connectivity index (χ0) is 21.1. The van der Waals surface area contributed by atoms with E-state index in [9.17, 15) is 14.4 Å². The molecule has 3 amide bonds. The molecule has 1 aromatic heterocycles. The Morgan fingerprint density at radius 2 is 1.79 bits per heavy atom. The van der Waals surface area contributed by atoms with Gasteiger partial charge in [-0.25, -0.2) is 9.78 Å². The van der Waals surface area contributed by atoms with Crippen molar-refractivity contribution in [2.45, 2.75) is 50.7 Å². The van der Waals surface area contributed by atoms with Crippen LogP contribution in [0.3, 0.4) is 0 Å². The van der Waals surface area contributed by atoms with Crippen LogP contribution in [-0.2, 0) is 11.3 Å². The van der Waals surface area contributed by atoms with Gasteiger partial charge in [0.05, 0.1) is 16.2 Å². The predicted molar refractivity (Wildman–Crippen MR) is 116 cm³/mol. The molecular formula is C21H24N4O3S. The molecule has 0 saturated carbocycles. The highest BCUT2D eigenvalue weighted by atomic mass is 32.2. The van der Waals surface area contributed by atoms with Crippen LogP contribution in [0.2, 0.25) is 0 Å². The highest BCUT2D eigenvalue weighted by Gasteiger charge is 2.21. The number of amides is 3. The highest BCUT2D eigenvalue weighted by molar-refractivity contribution is 8.00. The van der Waals surface area contributed by atoms with E-state index in [4.69, 9.17) is 0 Å². The van der Waals surface area contributed by atoms with Gasteiger partial charge in [0.25, 0.3) is 5.56 Å². The van der Waals surface area contributed by atoms with Gasteiger partial charge in [-0.05, 0) is 50.6 Å². The summed E-state index contributed by atoms with van der Waals surface area (Å²) in [6, 6.07) is 10.9. The van der Waals surface area contributed by atoms with Crippen molar-refractivity contribution in [3.8, 4) is 0 Å². The van der Waals surface area contributed by atoms with Crippen LogP contribution in [0.1, 0.15) is 27.7 Å². The maximum atomic E-state index is 13.0. The zero-order valence-electron chi connectivity index (χ0n) is 16.9. The molecule has 7 nitrogen and oxygen atoms in total. The van der Waals surface area contributed by atoms with Crippen LogP contribution in [0, 0.1) is 0 Å². The number of aromatic nitrogens is 2. The summed E-state index contributed by atoms with van der Waals surface area (Å²) in [5, 5.41) is 7.30. The summed E-state index contributed by atoms with van der Waals surface area (Å²) < 4.78 is 1.56. The van der Waals surface area contributed by atoms with Gasteiger partial charge in [-0.15, -0.1) is 0 Å². The van der Waals surface area contributed by atoms with E-state index in [0.717, 1.165) is 22.5 Å². The van der Waals surface area contributed by atoms with Gasteiger partial charge in [0, 0.05) is 12.6 Å². The Kier molecular flexibility index (Phi) is 6.22. The minimum Gasteiger partial charge on any atom is -0.336 e. The molecule has 0 bridgehead atoms. The van der Waals surface area contributed by atoms with Crippen LogP contribution in [0.5, 0.6) is 0 Å². The molecule has 0 radical (unpaired) electrons. The third-order valence-corrected chi connectivity index (χ3v) is 5.50. The van der Waals surface area contributed by atoms with Gasteiger partial charge in [0.15, 0.2) is 5.16 Å². The monoisotopic (exact) mass is 412 g/mol. The number of benzene rings is 2. The standard InChI is InChI=1S/C21H24N4O3S/c1-5-25-19(27)16-10-14-8-6-7-9-15(14)11-17(16)23-21(25)29-13(4)18(26)24-20(28)22-12(2)3/h6-13H,5H2,1-4H3,(H2,22,24,26,28)/t13-/m0/s1. The molecule has 0 fully saturated rings.